The third-order valence-corrected chi connectivity index (χ3v) is 0.565. The van der Waals surface area contributed by atoms with Gasteiger partial charge in [0, 0.05) is 6.08 Å². The molecule has 0 aliphatic carbocycles. The van der Waals surface area contributed by atoms with Crippen LogP contribution < -0.4 is 0 Å². The number of aliphatic carboxylic acids is 1. The summed E-state index contributed by atoms with van der Waals surface area (Å²) in [6, 6.07) is 0. The van der Waals surface area contributed by atoms with Gasteiger partial charge in [-0.15, -0.1) is 0 Å². The maximum Gasteiger partial charge on any atom is 0.328 e. The second-order valence-corrected chi connectivity index (χ2v) is 1.26. The lowest BCUT2D eigenvalue weighted by Crippen LogP contribution is -1.84. The molecule has 3 nitrogen and oxygen atoms in total. The summed E-state index contributed by atoms with van der Waals surface area (Å²) in [5.41, 5.74) is 0. The maximum atomic E-state index is 9.80. The summed E-state index contributed by atoms with van der Waals surface area (Å²) >= 11 is 0. The van der Waals surface area contributed by atoms with Crippen LogP contribution in [-0.4, -0.2) is 18.2 Å². The molecule has 0 aromatic heterocycles. The van der Waals surface area contributed by atoms with Crippen molar-refractivity contribution in [3.63, 3.8) is 0 Å². The van der Waals surface area contributed by atoms with Crippen LogP contribution in [0, 0.1) is 0 Å². The third kappa shape index (κ3) is 6.75. The topological polar surface area (TPSA) is 46.5 Å². The van der Waals surface area contributed by atoms with Gasteiger partial charge < -0.3 is 9.84 Å². The SMILES string of the molecule is CO/C=C/C=C\C(=O)O. The first-order chi connectivity index (χ1) is 4.27. The van der Waals surface area contributed by atoms with Gasteiger partial charge in [0.2, 0.25) is 0 Å². The van der Waals surface area contributed by atoms with Crippen LogP contribution in [0.1, 0.15) is 0 Å². The summed E-state index contributed by atoms with van der Waals surface area (Å²) in [6.07, 6.45) is 5.29. The summed E-state index contributed by atoms with van der Waals surface area (Å²) in [4.78, 5) is 9.80. The van der Waals surface area contributed by atoms with E-state index in [9.17, 15) is 4.79 Å². The van der Waals surface area contributed by atoms with Crippen LogP contribution in [0.3, 0.4) is 0 Å². The number of carbonyl (C=O) groups is 1. The zero-order chi connectivity index (χ0) is 7.11. The molecule has 0 spiro atoms. The Morgan fingerprint density at radius 2 is 2.22 bits per heavy atom. The number of ether oxygens (including phenoxy) is 1. The minimum atomic E-state index is -0.962. The van der Waals surface area contributed by atoms with Gasteiger partial charge in [-0.05, 0) is 6.08 Å². The molecule has 0 bridgehead atoms. The van der Waals surface area contributed by atoms with Crippen molar-refractivity contribution in [3.05, 3.63) is 24.5 Å². The van der Waals surface area contributed by atoms with Gasteiger partial charge in [-0.1, -0.05) is 6.08 Å². The van der Waals surface area contributed by atoms with Gasteiger partial charge in [0.25, 0.3) is 0 Å². The van der Waals surface area contributed by atoms with Crippen LogP contribution in [0.2, 0.25) is 0 Å². The van der Waals surface area contributed by atoms with E-state index in [-0.39, 0.29) is 0 Å². The van der Waals surface area contributed by atoms with Gasteiger partial charge in [-0.2, -0.15) is 0 Å². The molecule has 0 heterocycles. The molecule has 0 atom stereocenters. The number of methoxy groups -OCH3 is 1. The minimum Gasteiger partial charge on any atom is -0.504 e. The van der Waals surface area contributed by atoms with Crippen LogP contribution in [0.5, 0.6) is 0 Å². The number of allylic oxidation sites excluding steroid dienone is 2. The Morgan fingerprint density at radius 3 is 2.67 bits per heavy atom. The first kappa shape index (κ1) is 7.75. The highest BCUT2D eigenvalue weighted by molar-refractivity contribution is 5.80. The second-order valence-electron chi connectivity index (χ2n) is 1.26. The molecular formula is C6H8O3. The van der Waals surface area contributed by atoms with E-state index in [0.29, 0.717) is 0 Å². The summed E-state index contributed by atoms with van der Waals surface area (Å²) in [5.74, 6) is -0.962. The van der Waals surface area contributed by atoms with Gasteiger partial charge in [-0.25, -0.2) is 4.79 Å². The summed E-state index contributed by atoms with van der Waals surface area (Å²) < 4.78 is 4.50. The van der Waals surface area contributed by atoms with Gasteiger partial charge >= 0.3 is 5.97 Å². The molecule has 0 amide bonds. The van der Waals surface area contributed by atoms with Gasteiger partial charge in [0.15, 0.2) is 0 Å². The van der Waals surface area contributed by atoms with Crippen molar-refractivity contribution in [3.8, 4) is 0 Å². The molecule has 0 unspecified atom stereocenters. The average molecular weight is 128 g/mol. The van der Waals surface area contributed by atoms with E-state index >= 15 is 0 Å². The predicted octanol–water partition coefficient (Wildman–Crippen LogP) is 0.787. The van der Waals surface area contributed by atoms with Gasteiger partial charge in [0.1, 0.15) is 0 Å². The van der Waals surface area contributed by atoms with E-state index in [0.717, 1.165) is 6.08 Å². The van der Waals surface area contributed by atoms with E-state index in [1.165, 1.54) is 25.5 Å². The van der Waals surface area contributed by atoms with Gasteiger partial charge in [-0.3, -0.25) is 0 Å². The number of hydrogen-bond acceptors (Lipinski definition) is 2. The number of rotatable bonds is 3. The molecule has 0 saturated carbocycles. The van der Waals surface area contributed by atoms with Crippen molar-refractivity contribution in [2.75, 3.05) is 7.11 Å². The molecule has 0 aliphatic rings. The van der Waals surface area contributed by atoms with E-state index in [1.807, 2.05) is 0 Å². The Bertz CT molecular complexity index is 135. The molecule has 50 valence electrons. The molecule has 0 aromatic carbocycles. The van der Waals surface area contributed by atoms with Crippen LogP contribution in [-0.2, 0) is 9.53 Å². The van der Waals surface area contributed by atoms with Crippen LogP contribution in [0.4, 0.5) is 0 Å². The highest BCUT2D eigenvalue weighted by Gasteiger charge is 1.79. The van der Waals surface area contributed by atoms with E-state index in [2.05, 4.69) is 4.74 Å². The normalized spacial score (nSPS) is 10.8. The molecule has 0 saturated heterocycles. The largest absolute Gasteiger partial charge is 0.504 e. The van der Waals surface area contributed by atoms with Gasteiger partial charge in [0.05, 0.1) is 13.4 Å². The van der Waals surface area contributed by atoms with Crippen molar-refractivity contribution < 1.29 is 14.6 Å². The zero-order valence-corrected chi connectivity index (χ0v) is 5.07. The lowest BCUT2D eigenvalue weighted by molar-refractivity contribution is -0.131. The second kappa shape index (κ2) is 4.90. The number of carboxylic acid groups (broad SMARTS) is 1. The Labute approximate surface area is 53.3 Å². The van der Waals surface area contributed by atoms with Crippen LogP contribution in [0.15, 0.2) is 24.5 Å². The third-order valence-electron chi connectivity index (χ3n) is 0.565. The summed E-state index contributed by atoms with van der Waals surface area (Å²) in [5, 5.41) is 8.05. The van der Waals surface area contributed by atoms with Crippen molar-refractivity contribution in [1.29, 1.82) is 0 Å². The monoisotopic (exact) mass is 128 g/mol. The number of hydrogen-bond donors (Lipinski definition) is 1. The molecule has 9 heavy (non-hydrogen) atoms. The molecule has 1 N–H and O–H groups in total. The highest BCUT2D eigenvalue weighted by Crippen LogP contribution is 1.76. The summed E-state index contributed by atoms with van der Waals surface area (Å²) in [7, 11) is 1.49. The Hall–Kier alpha value is -1.25. The molecule has 0 radical (unpaired) electrons. The maximum absolute atomic E-state index is 9.80. The number of carboxylic acids is 1. The zero-order valence-electron chi connectivity index (χ0n) is 5.07. The fourth-order valence-electron chi connectivity index (χ4n) is 0.262. The molecule has 0 fully saturated rings. The fraction of sp³-hybridized carbons (Fsp3) is 0.167. The van der Waals surface area contributed by atoms with Crippen LogP contribution >= 0.6 is 0 Å². The average Bonchev–Trinajstić information content (AvgIpc) is 1.80. The smallest absolute Gasteiger partial charge is 0.328 e. The standard InChI is InChI=1S/C6H8O3/c1-9-5-3-2-4-6(7)8/h2-5H,1H3,(H,7,8)/b4-2-,5-3+. The van der Waals surface area contributed by atoms with Crippen molar-refractivity contribution in [2.45, 2.75) is 0 Å². The van der Waals surface area contributed by atoms with E-state index < -0.39 is 5.97 Å². The molecule has 0 aromatic rings. The fourth-order valence-corrected chi connectivity index (χ4v) is 0.262. The molecule has 3 heteroatoms. The molecule has 0 rings (SSSR count). The minimum absolute atomic E-state index is 0.962. The quantitative estimate of drug-likeness (QED) is 0.347. The Morgan fingerprint density at radius 1 is 1.56 bits per heavy atom. The lowest BCUT2D eigenvalue weighted by atomic mass is 10.5. The predicted molar refractivity (Wildman–Crippen MR) is 32.9 cm³/mol. The molecule has 0 aliphatic heterocycles. The highest BCUT2D eigenvalue weighted by atomic mass is 16.5. The van der Waals surface area contributed by atoms with Crippen molar-refractivity contribution in [2.24, 2.45) is 0 Å². The van der Waals surface area contributed by atoms with E-state index in [4.69, 9.17) is 5.11 Å². The first-order valence-electron chi connectivity index (χ1n) is 2.36. The van der Waals surface area contributed by atoms with Crippen LogP contribution in [0.25, 0.3) is 0 Å². The first-order valence-corrected chi connectivity index (χ1v) is 2.36. The summed E-state index contributed by atoms with van der Waals surface area (Å²) in [6.45, 7) is 0. The van der Waals surface area contributed by atoms with Crippen molar-refractivity contribution >= 4 is 5.97 Å². The van der Waals surface area contributed by atoms with E-state index in [1.54, 1.807) is 0 Å². The molecular weight excluding hydrogens is 120 g/mol. The Kier molecular flexibility index (Phi) is 4.22. The lowest BCUT2D eigenvalue weighted by Gasteiger charge is -1.79. The van der Waals surface area contributed by atoms with Crippen molar-refractivity contribution in [1.82, 2.24) is 0 Å². The Balaban J connectivity index is 3.47.